The Morgan fingerprint density at radius 3 is 2.25 bits per heavy atom. The molecule has 4 nitrogen and oxygen atoms in total. The van der Waals surface area contributed by atoms with E-state index in [1.165, 1.54) is 5.56 Å². The van der Waals surface area contributed by atoms with Crippen LogP contribution in [0.3, 0.4) is 0 Å². The van der Waals surface area contributed by atoms with Crippen LogP contribution in [-0.2, 0) is 17.8 Å². The summed E-state index contributed by atoms with van der Waals surface area (Å²) in [4.78, 5) is 27.1. The molecule has 5 heteroatoms. The second-order valence-corrected chi connectivity index (χ2v) is 9.26. The summed E-state index contributed by atoms with van der Waals surface area (Å²) in [6, 6.07) is 28.1. The van der Waals surface area contributed by atoms with Crippen molar-refractivity contribution in [2.24, 2.45) is 0 Å². The van der Waals surface area contributed by atoms with Gasteiger partial charge in [-0.2, -0.15) is 0 Å². The van der Waals surface area contributed by atoms with Crippen molar-refractivity contribution >= 4 is 23.6 Å². The Morgan fingerprint density at radius 2 is 1.59 bits per heavy atom. The van der Waals surface area contributed by atoms with Gasteiger partial charge in [0.2, 0.25) is 5.91 Å². The summed E-state index contributed by atoms with van der Waals surface area (Å²) in [7, 11) is 0. The van der Waals surface area contributed by atoms with Gasteiger partial charge in [-0.15, -0.1) is 11.8 Å². The van der Waals surface area contributed by atoms with Gasteiger partial charge in [-0.25, -0.2) is 0 Å². The van der Waals surface area contributed by atoms with E-state index in [1.54, 1.807) is 11.8 Å². The van der Waals surface area contributed by atoms with E-state index >= 15 is 0 Å². The first-order valence-corrected chi connectivity index (χ1v) is 12.0. The first-order valence-electron chi connectivity index (χ1n) is 11.0. The van der Waals surface area contributed by atoms with Crippen LogP contribution in [-0.4, -0.2) is 28.5 Å². The summed E-state index contributed by atoms with van der Waals surface area (Å²) >= 11 is 1.64. The molecule has 32 heavy (non-hydrogen) atoms. The van der Waals surface area contributed by atoms with Crippen molar-refractivity contribution < 1.29 is 9.59 Å². The largest absolute Gasteiger partial charge is 0.350 e. The van der Waals surface area contributed by atoms with Crippen molar-refractivity contribution in [2.75, 3.05) is 5.75 Å². The van der Waals surface area contributed by atoms with Gasteiger partial charge in [-0.1, -0.05) is 72.8 Å². The summed E-state index contributed by atoms with van der Waals surface area (Å²) < 4.78 is 0. The fourth-order valence-electron chi connectivity index (χ4n) is 3.89. The molecule has 1 aliphatic heterocycles. The standard InChI is InChI=1S/C27H28N2O2S/c1-20(12-13-21-8-4-2-5-9-21)28-26(31)23-14-16-24(17-15-23)27-29(25(30)19-32-27)18-22-10-6-3-7-11-22/h2-11,14-17,20,27H,12-13,18-19H2,1H3,(H,28,31)/t20-,27-/m1/s1. The topological polar surface area (TPSA) is 49.4 Å². The summed E-state index contributed by atoms with van der Waals surface area (Å²) in [6.07, 6.45) is 1.83. The molecule has 0 aliphatic carbocycles. The fourth-order valence-corrected chi connectivity index (χ4v) is 5.08. The van der Waals surface area contributed by atoms with Crippen LogP contribution in [0.5, 0.6) is 0 Å². The van der Waals surface area contributed by atoms with Crippen LogP contribution in [0.1, 0.15) is 45.8 Å². The summed E-state index contributed by atoms with van der Waals surface area (Å²) in [5.74, 6) is 0.574. The molecule has 1 saturated heterocycles. The second kappa shape index (κ2) is 10.5. The molecule has 0 saturated carbocycles. The molecule has 0 bridgehead atoms. The van der Waals surface area contributed by atoms with Gasteiger partial charge in [0.1, 0.15) is 5.37 Å². The molecule has 2 amide bonds. The predicted octanol–water partition coefficient (Wildman–Crippen LogP) is 5.21. The Labute approximate surface area is 194 Å². The van der Waals surface area contributed by atoms with Crippen LogP contribution in [0.4, 0.5) is 0 Å². The van der Waals surface area contributed by atoms with Crippen molar-refractivity contribution in [3.05, 3.63) is 107 Å². The number of nitrogens with zero attached hydrogens (tertiary/aromatic N) is 1. The van der Waals surface area contributed by atoms with E-state index in [0.29, 0.717) is 17.9 Å². The highest BCUT2D eigenvalue weighted by atomic mass is 32.2. The molecule has 4 rings (SSSR count). The Hall–Kier alpha value is -3.05. The van der Waals surface area contributed by atoms with Crippen LogP contribution >= 0.6 is 11.8 Å². The first-order chi connectivity index (χ1) is 15.6. The zero-order valence-electron chi connectivity index (χ0n) is 18.2. The number of rotatable bonds is 8. The average molecular weight is 445 g/mol. The third kappa shape index (κ3) is 5.60. The lowest BCUT2D eigenvalue weighted by molar-refractivity contribution is -0.128. The molecule has 2 atom stereocenters. The van der Waals surface area contributed by atoms with Gasteiger partial charge in [-0.3, -0.25) is 9.59 Å². The van der Waals surface area contributed by atoms with Crippen molar-refractivity contribution in [1.29, 1.82) is 0 Å². The Kier molecular flexibility index (Phi) is 7.28. The monoisotopic (exact) mass is 444 g/mol. The molecule has 1 fully saturated rings. The number of aryl methyl sites for hydroxylation is 1. The van der Waals surface area contributed by atoms with Crippen LogP contribution < -0.4 is 5.32 Å². The van der Waals surface area contributed by atoms with E-state index in [2.05, 4.69) is 17.4 Å². The Balaban J connectivity index is 1.35. The van der Waals surface area contributed by atoms with Gasteiger partial charge in [0, 0.05) is 18.2 Å². The van der Waals surface area contributed by atoms with Crippen LogP contribution in [0.25, 0.3) is 0 Å². The minimum atomic E-state index is -0.0617. The minimum absolute atomic E-state index is 0.0235. The second-order valence-electron chi connectivity index (χ2n) is 8.19. The number of carbonyl (C=O) groups excluding carboxylic acids is 2. The molecule has 0 unspecified atom stereocenters. The lowest BCUT2D eigenvalue weighted by Gasteiger charge is -2.24. The maximum absolute atomic E-state index is 12.7. The zero-order valence-corrected chi connectivity index (χ0v) is 19.1. The van der Waals surface area contributed by atoms with Gasteiger partial charge < -0.3 is 10.2 Å². The van der Waals surface area contributed by atoms with Gasteiger partial charge >= 0.3 is 0 Å². The van der Waals surface area contributed by atoms with Gasteiger partial charge in [0.25, 0.3) is 5.91 Å². The number of nitrogens with one attached hydrogen (secondary N) is 1. The Bertz CT molecular complexity index is 1040. The normalized spacial score (nSPS) is 16.7. The van der Waals surface area contributed by atoms with Crippen molar-refractivity contribution in [2.45, 2.75) is 37.7 Å². The summed E-state index contributed by atoms with van der Waals surface area (Å²) in [5.41, 5.74) is 4.09. The lowest BCUT2D eigenvalue weighted by Crippen LogP contribution is -2.33. The number of thioether (sulfide) groups is 1. The number of amides is 2. The molecule has 0 aromatic heterocycles. The molecule has 3 aromatic carbocycles. The van der Waals surface area contributed by atoms with Gasteiger partial charge in [0.05, 0.1) is 5.75 Å². The van der Waals surface area contributed by atoms with Crippen molar-refractivity contribution in [3.63, 3.8) is 0 Å². The predicted molar refractivity (Wildman–Crippen MR) is 130 cm³/mol. The zero-order chi connectivity index (χ0) is 22.3. The Morgan fingerprint density at radius 1 is 0.969 bits per heavy atom. The minimum Gasteiger partial charge on any atom is -0.350 e. The van der Waals surface area contributed by atoms with E-state index in [1.807, 2.05) is 84.6 Å². The molecule has 0 spiro atoms. The van der Waals surface area contributed by atoms with Crippen molar-refractivity contribution in [3.8, 4) is 0 Å². The number of carbonyl (C=O) groups is 2. The number of hydrogen-bond acceptors (Lipinski definition) is 3. The molecule has 1 N–H and O–H groups in total. The van der Waals surface area contributed by atoms with Crippen LogP contribution in [0.15, 0.2) is 84.9 Å². The SMILES string of the molecule is C[C@H](CCc1ccccc1)NC(=O)c1ccc([C@H]2SCC(=O)N2Cc2ccccc2)cc1. The van der Waals surface area contributed by atoms with E-state index in [0.717, 1.165) is 24.0 Å². The maximum atomic E-state index is 12.7. The highest BCUT2D eigenvalue weighted by molar-refractivity contribution is 8.00. The van der Waals surface area contributed by atoms with E-state index in [9.17, 15) is 9.59 Å². The molecular formula is C27H28N2O2S. The quantitative estimate of drug-likeness (QED) is 0.519. The number of benzene rings is 3. The molecule has 0 radical (unpaired) electrons. The third-order valence-electron chi connectivity index (χ3n) is 5.71. The van der Waals surface area contributed by atoms with E-state index < -0.39 is 0 Å². The highest BCUT2D eigenvalue weighted by Crippen LogP contribution is 2.39. The summed E-state index contributed by atoms with van der Waals surface area (Å²) in [5, 5.41) is 3.07. The molecule has 1 heterocycles. The van der Waals surface area contributed by atoms with Gasteiger partial charge in [-0.05, 0) is 48.6 Å². The van der Waals surface area contributed by atoms with Crippen LogP contribution in [0, 0.1) is 0 Å². The lowest BCUT2D eigenvalue weighted by atomic mass is 10.1. The highest BCUT2D eigenvalue weighted by Gasteiger charge is 2.32. The van der Waals surface area contributed by atoms with E-state index in [4.69, 9.17) is 0 Å². The molecule has 1 aliphatic rings. The maximum Gasteiger partial charge on any atom is 0.251 e. The van der Waals surface area contributed by atoms with Crippen LogP contribution in [0.2, 0.25) is 0 Å². The molecular weight excluding hydrogens is 416 g/mol. The third-order valence-corrected chi connectivity index (χ3v) is 6.96. The summed E-state index contributed by atoms with van der Waals surface area (Å²) in [6.45, 7) is 2.63. The average Bonchev–Trinajstić information content (AvgIpc) is 3.19. The first kappa shape index (κ1) is 22.2. The fraction of sp³-hybridized carbons (Fsp3) is 0.259. The van der Waals surface area contributed by atoms with E-state index in [-0.39, 0.29) is 23.2 Å². The molecule has 164 valence electrons. The number of hydrogen-bond donors (Lipinski definition) is 1. The van der Waals surface area contributed by atoms with Gasteiger partial charge in [0.15, 0.2) is 0 Å². The smallest absolute Gasteiger partial charge is 0.251 e. The molecule has 3 aromatic rings. The van der Waals surface area contributed by atoms with Crippen molar-refractivity contribution in [1.82, 2.24) is 10.2 Å².